The van der Waals surface area contributed by atoms with Crippen molar-refractivity contribution in [2.75, 3.05) is 5.73 Å². The van der Waals surface area contributed by atoms with Crippen LogP contribution in [0.1, 0.15) is 55.6 Å². The third-order valence-electron chi connectivity index (χ3n) is 6.12. The van der Waals surface area contributed by atoms with Crippen LogP contribution in [0.5, 0.6) is 0 Å². The summed E-state index contributed by atoms with van der Waals surface area (Å²) in [6, 6.07) is 0. The molecule has 4 nitrogen and oxygen atoms in total. The largest absolute Gasteiger partial charge is 0.383 e. The Kier molecular flexibility index (Phi) is 2.14. The highest BCUT2D eigenvalue weighted by Gasteiger charge is 2.53. The molecule has 1 aliphatic heterocycles. The maximum Gasteiger partial charge on any atom is 0.137 e. The third-order valence-corrected chi connectivity index (χ3v) is 6.12. The van der Waals surface area contributed by atoms with Gasteiger partial charge in [0.05, 0.1) is 18.9 Å². The van der Waals surface area contributed by atoms with E-state index in [4.69, 9.17) is 20.4 Å². The van der Waals surface area contributed by atoms with Gasteiger partial charge in [0.25, 0.3) is 0 Å². The zero-order valence-corrected chi connectivity index (χ0v) is 11.8. The molecule has 6 rings (SSSR count). The highest BCUT2D eigenvalue weighted by atomic mass is 16.5. The van der Waals surface area contributed by atoms with Gasteiger partial charge in [0, 0.05) is 11.0 Å². The van der Waals surface area contributed by atoms with Crippen molar-refractivity contribution in [2.24, 2.45) is 17.8 Å². The van der Waals surface area contributed by atoms with E-state index < -0.39 is 0 Å². The number of nitrogen functional groups attached to an aromatic ring is 1. The molecular formula is C16H21N3O. The molecule has 0 saturated heterocycles. The average Bonchev–Trinajstić information content (AvgIpc) is 2.86. The van der Waals surface area contributed by atoms with Crippen molar-refractivity contribution in [1.82, 2.24) is 9.97 Å². The van der Waals surface area contributed by atoms with E-state index in [1.165, 1.54) is 38.5 Å². The predicted octanol–water partition coefficient (Wildman–Crippen LogP) is 2.56. The van der Waals surface area contributed by atoms with Crippen molar-refractivity contribution in [3.05, 3.63) is 17.1 Å². The van der Waals surface area contributed by atoms with Crippen molar-refractivity contribution < 1.29 is 4.74 Å². The van der Waals surface area contributed by atoms with E-state index in [9.17, 15) is 0 Å². The molecule has 2 N–H and O–H groups in total. The number of aromatic nitrogens is 2. The topological polar surface area (TPSA) is 61.0 Å². The average molecular weight is 271 g/mol. The Hall–Kier alpha value is -1.16. The summed E-state index contributed by atoms with van der Waals surface area (Å²) < 4.78 is 5.49. The Morgan fingerprint density at radius 2 is 1.60 bits per heavy atom. The number of nitrogens with zero attached hydrogens (tertiary/aromatic N) is 2. The van der Waals surface area contributed by atoms with Crippen LogP contribution in [-0.4, -0.2) is 9.97 Å². The molecule has 4 heteroatoms. The van der Waals surface area contributed by atoms with E-state index >= 15 is 0 Å². The molecule has 20 heavy (non-hydrogen) atoms. The van der Waals surface area contributed by atoms with Gasteiger partial charge in [-0.05, 0) is 56.3 Å². The molecule has 0 amide bonds. The second kappa shape index (κ2) is 3.73. The van der Waals surface area contributed by atoms with Crippen LogP contribution in [0.4, 0.5) is 5.82 Å². The molecule has 106 valence electrons. The van der Waals surface area contributed by atoms with Gasteiger partial charge < -0.3 is 10.5 Å². The monoisotopic (exact) mass is 271 g/mol. The summed E-state index contributed by atoms with van der Waals surface area (Å²) in [5.41, 5.74) is 8.47. The van der Waals surface area contributed by atoms with Gasteiger partial charge in [-0.1, -0.05) is 0 Å². The quantitative estimate of drug-likeness (QED) is 0.852. The summed E-state index contributed by atoms with van der Waals surface area (Å²) >= 11 is 0. The minimum absolute atomic E-state index is 0.237. The van der Waals surface area contributed by atoms with Crippen LogP contribution in [-0.2, 0) is 23.4 Å². The van der Waals surface area contributed by atoms with Crippen molar-refractivity contribution in [3.8, 4) is 0 Å². The lowest BCUT2D eigenvalue weighted by Crippen LogP contribution is -2.49. The molecule has 4 bridgehead atoms. The molecule has 4 aliphatic carbocycles. The summed E-state index contributed by atoms with van der Waals surface area (Å²) in [6.07, 6.45) is 8.21. The van der Waals surface area contributed by atoms with Crippen LogP contribution in [0.2, 0.25) is 0 Å². The Balaban J connectivity index is 1.61. The smallest absolute Gasteiger partial charge is 0.137 e. The fourth-order valence-corrected chi connectivity index (χ4v) is 5.70. The molecule has 4 saturated carbocycles. The van der Waals surface area contributed by atoms with Crippen molar-refractivity contribution in [1.29, 1.82) is 0 Å². The third kappa shape index (κ3) is 1.46. The molecule has 0 spiro atoms. The van der Waals surface area contributed by atoms with Gasteiger partial charge in [0.15, 0.2) is 0 Å². The molecule has 0 radical (unpaired) electrons. The van der Waals surface area contributed by atoms with Gasteiger partial charge in [0.1, 0.15) is 11.6 Å². The standard InChI is InChI=1S/C16H21N3O/c17-14-12-7-20-8-13(12)18-15(19-14)16-4-9-1-10(5-16)3-11(2-9)6-16/h9-11H,1-8H2,(H2,17,18,19). The van der Waals surface area contributed by atoms with Crippen LogP contribution in [0.25, 0.3) is 0 Å². The summed E-state index contributed by atoms with van der Waals surface area (Å²) in [6.45, 7) is 1.20. The fraction of sp³-hybridized carbons (Fsp3) is 0.750. The van der Waals surface area contributed by atoms with Gasteiger partial charge in [-0.15, -0.1) is 0 Å². The highest BCUT2D eigenvalue weighted by Crippen LogP contribution is 2.60. The summed E-state index contributed by atoms with van der Waals surface area (Å²) in [7, 11) is 0. The lowest BCUT2D eigenvalue weighted by Gasteiger charge is -2.56. The number of hydrogen-bond donors (Lipinski definition) is 1. The number of nitrogens with two attached hydrogens (primary N) is 1. The first kappa shape index (κ1) is 11.5. The van der Waals surface area contributed by atoms with E-state index in [0.717, 1.165) is 34.8 Å². The Morgan fingerprint density at radius 1 is 0.950 bits per heavy atom. The molecular weight excluding hydrogens is 250 g/mol. The minimum Gasteiger partial charge on any atom is -0.383 e. The number of fused-ring (bicyclic) bond motifs is 1. The summed E-state index contributed by atoms with van der Waals surface area (Å²) in [4.78, 5) is 9.61. The van der Waals surface area contributed by atoms with E-state index in [1.807, 2.05) is 0 Å². The fourth-order valence-electron chi connectivity index (χ4n) is 5.70. The van der Waals surface area contributed by atoms with Crippen LogP contribution in [0.3, 0.4) is 0 Å². The Morgan fingerprint density at radius 3 is 2.25 bits per heavy atom. The van der Waals surface area contributed by atoms with E-state index in [1.54, 1.807) is 0 Å². The zero-order chi connectivity index (χ0) is 13.3. The number of ether oxygens (including phenoxy) is 1. The minimum atomic E-state index is 0.237. The maximum absolute atomic E-state index is 6.16. The second-order valence-corrected chi connectivity index (χ2v) is 7.55. The molecule has 0 aromatic carbocycles. The number of rotatable bonds is 1. The van der Waals surface area contributed by atoms with Crippen LogP contribution in [0.15, 0.2) is 0 Å². The summed E-state index contributed by atoms with van der Waals surface area (Å²) in [5, 5.41) is 0. The SMILES string of the molecule is Nc1nc(C23CC4CC(CC(C4)C2)C3)nc2c1COC2. The molecule has 0 unspecified atom stereocenters. The first-order valence-corrected chi connectivity index (χ1v) is 7.95. The molecule has 1 aromatic heterocycles. The number of anilines is 1. The zero-order valence-electron chi connectivity index (χ0n) is 11.8. The predicted molar refractivity (Wildman–Crippen MR) is 74.8 cm³/mol. The van der Waals surface area contributed by atoms with Gasteiger partial charge in [-0.25, -0.2) is 9.97 Å². The molecule has 0 atom stereocenters. The van der Waals surface area contributed by atoms with Crippen molar-refractivity contribution in [2.45, 2.75) is 57.2 Å². The maximum atomic E-state index is 6.16. The van der Waals surface area contributed by atoms with E-state index in [2.05, 4.69) is 0 Å². The van der Waals surface area contributed by atoms with E-state index in [0.29, 0.717) is 19.0 Å². The second-order valence-electron chi connectivity index (χ2n) is 7.55. The van der Waals surface area contributed by atoms with Crippen LogP contribution in [0, 0.1) is 17.8 Å². The molecule has 2 heterocycles. The lowest BCUT2D eigenvalue weighted by molar-refractivity contribution is -0.00946. The van der Waals surface area contributed by atoms with Crippen molar-refractivity contribution >= 4 is 5.82 Å². The van der Waals surface area contributed by atoms with Gasteiger partial charge in [-0.3, -0.25) is 0 Å². The summed E-state index contributed by atoms with van der Waals surface area (Å²) in [5.74, 6) is 4.44. The van der Waals surface area contributed by atoms with Gasteiger partial charge >= 0.3 is 0 Å². The highest BCUT2D eigenvalue weighted by molar-refractivity contribution is 5.44. The number of hydrogen-bond acceptors (Lipinski definition) is 4. The molecule has 1 aromatic rings. The first-order chi connectivity index (χ1) is 9.72. The Labute approximate surface area is 119 Å². The normalized spacial score (nSPS) is 41.1. The van der Waals surface area contributed by atoms with Gasteiger partial charge in [-0.2, -0.15) is 0 Å². The Bertz CT molecular complexity index is 548. The molecule has 5 aliphatic rings. The lowest BCUT2D eigenvalue weighted by atomic mass is 9.49. The molecule has 4 fully saturated rings. The van der Waals surface area contributed by atoms with Gasteiger partial charge in [0.2, 0.25) is 0 Å². The van der Waals surface area contributed by atoms with Crippen LogP contribution < -0.4 is 5.73 Å². The van der Waals surface area contributed by atoms with E-state index in [-0.39, 0.29) is 5.41 Å². The van der Waals surface area contributed by atoms with Crippen LogP contribution >= 0.6 is 0 Å². The van der Waals surface area contributed by atoms with Crippen molar-refractivity contribution in [3.63, 3.8) is 0 Å². The first-order valence-electron chi connectivity index (χ1n) is 7.95.